The van der Waals surface area contributed by atoms with Gasteiger partial charge in [0.1, 0.15) is 16.3 Å². The van der Waals surface area contributed by atoms with E-state index >= 15 is 0 Å². The highest BCUT2D eigenvalue weighted by Crippen LogP contribution is 2.30. The number of pyridine rings is 1. The van der Waals surface area contributed by atoms with E-state index in [9.17, 15) is 26.4 Å². The quantitative estimate of drug-likeness (QED) is 0.761. The van der Waals surface area contributed by atoms with Crippen molar-refractivity contribution in [2.45, 2.75) is 29.7 Å². The molecule has 1 N–H and O–H groups in total. The van der Waals surface area contributed by atoms with Crippen LogP contribution >= 0.6 is 15.9 Å². The lowest BCUT2D eigenvalue weighted by Gasteiger charge is -2.23. The van der Waals surface area contributed by atoms with Gasteiger partial charge in [-0.25, -0.2) is 13.4 Å². The summed E-state index contributed by atoms with van der Waals surface area (Å²) in [6.45, 7) is 2.35. The van der Waals surface area contributed by atoms with Crippen molar-refractivity contribution in [1.29, 1.82) is 0 Å². The number of anilines is 1. The molecule has 10 heteroatoms. The van der Waals surface area contributed by atoms with Crippen molar-refractivity contribution in [1.82, 2.24) is 4.98 Å². The molecular formula is C16H14BrF3N2O3S. The number of nitrogens with zero attached hydrogens (tertiary/aromatic N) is 1. The van der Waals surface area contributed by atoms with E-state index in [0.717, 1.165) is 18.2 Å². The van der Waals surface area contributed by atoms with Gasteiger partial charge < -0.3 is 5.32 Å². The number of benzene rings is 1. The van der Waals surface area contributed by atoms with Crippen LogP contribution in [0, 0.1) is 0 Å². The van der Waals surface area contributed by atoms with Gasteiger partial charge in [-0.2, -0.15) is 13.2 Å². The first kappa shape index (κ1) is 20.4. The van der Waals surface area contributed by atoms with Gasteiger partial charge in [0.2, 0.25) is 5.91 Å². The molecule has 26 heavy (non-hydrogen) atoms. The zero-order chi connectivity index (χ0) is 19.8. The van der Waals surface area contributed by atoms with Crippen molar-refractivity contribution < 1.29 is 26.4 Å². The number of hydrogen-bond acceptors (Lipinski definition) is 4. The third-order valence-electron chi connectivity index (χ3n) is 3.62. The molecule has 2 aromatic rings. The first-order valence-corrected chi connectivity index (χ1v) is 9.49. The minimum atomic E-state index is -4.68. The summed E-state index contributed by atoms with van der Waals surface area (Å²) >= 11 is 3.18. The number of alkyl halides is 3. The van der Waals surface area contributed by atoms with Gasteiger partial charge in [-0.3, -0.25) is 4.79 Å². The van der Waals surface area contributed by atoms with Gasteiger partial charge in [-0.1, -0.05) is 22.0 Å². The predicted octanol–water partition coefficient (Wildman–Crippen LogP) is 4.05. The highest BCUT2D eigenvalue weighted by Gasteiger charge is 2.43. The van der Waals surface area contributed by atoms with Gasteiger partial charge in [0, 0.05) is 4.47 Å². The van der Waals surface area contributed by atoms with Crippen LogP contribution in [0.25, 0.3) is 0 Å². The molecule has 0 bridgehead atoms. The first-order chi connectivity index (χ1) is 11.9. The smallest absolute Gasteiger partial charge is 0.309 e. The Labute approximate surface area is 156 Å². The van der Waals surface area contributed by atoms with Gasteiger partial charge in [0.25, 0.3) is 0 Å². The summed E-state index contributed by atoms with van der Waals surface area (Å²) in [6, 6.07) is 8.65. The lowest BCUT2D eigenvalue weighted by molar-refractivity contribution is -0.141. The largest absolute Gasteiger partial charge is 0.433 e. The van der Waals surface area contributed by atoms with Crippen LogP contribution in [0.2, 0.25) is 0 Å². The second-order valence-electron chi connectivity index (χ2n) is 5.83. The molecule has 5 nitrogen and oxygen atoms in total. The number of carbonyl (C=O) groups excluding carboxylic acids is 1. The fourth-order valence-electron chi connectivity index (χ4n) is 1.96. The summed E-state index contributed by atoms with van der Waals surface area (Å²) in [7, 11) is -4.10. The van der Waals surface area contributed by atoms with Crippen LogP contribution in [0.3, 0.4) is 0 Å². The van der Waals surface area contributed by atoms with Crippen molar-refractivity contribution in [2.75, 3.05) is 5.32 Å². The van der Waals surface area contributed by atoms with Crippen molar-refractivity contribution in [3.63, 3.8) is 0 Å². The number of hydrogen-bond donors (Lipinski definition) is 1. The average Bonchev–Trinajstić information content (AvgIpc) is 2.54. The Morgan fingerprint density at radius 2 is 1.65 bits per heavy atom. The van der Waals surface area contributed by atoms with Gasteiger partial charge in [-0.05, 0) is 50.2 Å². The number of carbonyl (C=O) groups is 1. The molecule has 0 unspecified atom stereocenters. The zero-order valence-electron chi connectivity index (χ0n) is 13.6. The molecule has 1 aromatic carbocycles. The van der Waals surface area contributed by atoms with Crippen molar-refractivity contribution >= 4 is 37.5 Å². The van der Waals surface area contributed by atoms with Crippen LogP contribution in [0.15, 0.2) is 51.8 Å². The number of rotatable bonds is 4. The molecule has 2 rings (SSSR count). The molecule has 0 radical (unpaired) electrons. The molecule has 0 atom stereocenters. The minimum absolute atomic E-state index is 0.0853. The van der Waals surface area contributed by atoms with E-state index in [4.69, 9.17) is 0 Å². The maximum Gasteiger partial charge on any atom is 0.433 e. The molecular weight excluding hydrogens is 437 g/mol. The number of aromatic nitrogens is 1. The van der Waals surface area contributed by atoms with Crippen LogP contribution in [-0.2, 0) is 20.8 Å². The van der Waals surface area contributed by atoms with E-state index < -0.39 is 32.4 Å². The summed E-state index contributed by atoms with van der Waals surface area (Å²) in [5.41, 5.74) is -1.19. The molecule has 140 valence electrons. The molecule has 0 aliphatic rings. The topological polar surface area (TPSA) is 76.1 Å². The average molecular weight is 451 g/mol. The fraction of sp³-hybridized carbons (Fsp3) is 0.250. The highest BCUT2D eigenvalue weighted by atomic mass is 79.9. The molecule has 0 aliphatic carbocycles. The summed E-state index contributed by atoms with van der Waals surface area (Å²) in [5.74, 6) is -1.38. The van der Waals surface area contributed by atoms with Crippen molar-refractivity contribution in [2.24, 2.45) is 0 Å². The fourth-order valence-corrected chi connectivity index (χ4v) is 3.60. The molecule has 0 fully saturated rings. The molecule has 0 saturated carbocycles. The third-order valence-corrected chi connectivity index (χ3v) is 6.57. The molecule has 0 aliphatic heterocycles. The second kappa shape index (κ2) is 6.99. The summed E-state index contributed by atoms with van der Waals surface area (Å²) < 4.78 is 62.3. The maximum absolute atomic E-state index is 12.7. The molecule has 0 spiro atoms. The Kier molecular flexibility index (Phi) is 5.48. The Balaban J connectivity index is 2.32. The van der Waals surface area contributed by atoms with Crippen molar-refractivity contribution in [3.8, 4) is 0 Å². The van der Waals surface area contributed by atoms with Crippen LogP contribution in [0.4, 0.5) is 19.0 Å². The van der Waals surface area contributed by atoms with Crippen LogP contribution in [0.5, 0.6) is 0 Å². The Hall–Kier alpha value is -1.94. The molecule has 1 amide bonds. The first-order valence-electron chi connectivity index (χ1n) is 7.21. The number of sulfone groups is 1. The van der Waals surface area contributed by atoms with Gasteiger partial charge >= 0.3 is 6.18 Å². The number of nitrogens with one attached hydrogen (secondary N) is 1. The zero-order valence-corrected chi connectivity index (χ0v) is 16.0. The minimum Gasteiger partial charge on any atom is -0.309 e. The Bertz CT molecular complexity index is 927. The molecule has 1 heterocycles. The lowest BCUT2D eigenvalue weighted by Crippen LogP contribution is -2.44. The van der Waals surface area contributed by atoms with Crippen LogP contribution < -0.4 is 5.32 Å². The standard InChI is InChI=1S/C16H14BrF3N2O3S/c1-15(2,26(24,25)11-8-6-10(17)7-9-11)14(23)22-13-5-3-4-12(21-13)16(18,19)20/h3-9H,1-2H3,(H,21,22,23). The SMILES string of the molecule is CC(C)(C(=O)Nc1cccc(C(F)(F)F)n1)S(=O)(=O)c1ccc(Br)cc1. The highest BCUT2D eigenvalue weighted by molar-refractivity contribution is 9.10. The normalized spacial score (nSPS) is 12.7. The molecule has 1 aromatic heterocycles. The van der Waals surface area contributed by atoms with Gasteiger partial charge in [0.15, 0.2) is 9.84 Å². The monoisotopic (exact) mass is 450 g/mol. The Morgan fingerprint density at radius 3 is 2.19 bits per heavy atom. The second-order valence-corrected chi connectivity index (χ2v) is 9.24. The maximum atomic E-state index is 12.7. The summed E-state index contributed by atoms with van der Waals surface area (Å²) in [5, 5.41) is 2.14. The van der Waals surface area contributed by atoms with Gasteiger partial charge in [0.05, 0.1) is 4.90 Å². The summed E-state index contributed by atoms with van der Waals surface area (Å²) in [4.78, 5) is 15.7. The van der Waals surface area contributed by atoms with E-state index in [1.54, 1.807) is 0 Å². The third kappa shape index (κ3) is 4.07. The van der Waals surface area contributed by atoms with Crippen LogP contribution in [0.1, 0.15) is 19.5 Å². The Morgan fingerprint density at radius 1 is 1.08 bits per heavy atom. The van der Waals surface area contributed by atoms with E-state index in [-0.39, 0.29) is 10.7 Å². The summed E-state index contributed by atoms with van der Waals surface area (Å²) in [6.07, 6.45) is -4.68. The number of halogens is 4. The lowest BCUT2D eigenvalue weighted by atomic mass is 10.2. The van der Waals surface area contributed by atoms with E-state index in [0.29, 0.717) is 4.47 Å². The van der Waals surface area contributed by atoms with Crippen molar-refractivity contribution in [3.05, 3.63) is 52.6 Å². The van der Waals surface area contributed by atoms with E-state index in [2.05, 4.69) is 26.2 Å². The van der Waals surface area contributed by atoms with E-state index in [1.807, 2.05) is 0 Å². The van der Waals surface area contributed by atoms with E-state index in [1.165, 1.54) is 38.1 Å². The predicted molar refractivity (Wildman–Crippen MR) is 93.3 cm³/mol. The van der Waals surface area contributed by atoms with Gasteiger partial charge in [-0.15, -0.1) is 0 Å². The number of amides is 1. The molecule has 0 saturated heterocycles. The van der Waals surface area contributed by atoms with Crippen LogP contribution in [-0.4, -0.2) is 24.1 Å².